The highest BCUT2D eigenvalue weighted by atomic mass is 15.1. The van der Waals surface area contributed by atoms with Crippen LogP contribution in [0.15, 0.2) is 0 Å². The minimum Gasteiger partial charge on any atom is -0.239 e. The molecule has 0 unspecified atom stereocenters. The van der Waals surface area contributed by atoms with Crippen molar-refractivity contribution < 1.29 is 0 Å². The molecule has 0 spiro atoms. The van der Waals surface area contributed by atoms with E-state index >= 15 is 0 Å². The summed E-state index contributed by atoms with van der Waals surface area (Å²) in [6.07, 6.45) is 0. The second kappa shape index (κ2) is 4.09. The lowest BCUT2D eigenvalue weighted by Crippen LogP contribution is -2.25. The number of hydrogen-bond acceptors (Lipinski definition) is 1. The van der Waals surface area contributed by atoms with Crippen molar-refractivity contribution in [3.8, 4) is 0 Å². The predicted molar refractivity (Wildman–Crippen MR) is 31.8 cm³/mol. The average molecular weight is 101 g/mol. The lowest BCUT2D eigenvalue weighted by Gasteiger charge is -1.95. The Morgan fingerprint density at radius 2 is 2.00 bits per heavy atom. The molecule has 0 aromatic rings. The Bertz CT molecular complexity index is 35.1. The molecule has 0 amide bonds. The standard InChI is InChI=1S/C5H13N2/c1-6-4-5-7(2)3/h4-5H2,1-3H3/q+1. The van der Waals surface area contributed by atoms with E-state index in [1.807, 2.05) is 21.1 Å². The van der Waals surface area contributed by atoms with E-state index in [2.05, 4.69) is 10.2 Å². The fraction of sp³-hybridized carbons (Fsp3) is 1.00. The summed E-state index contributed by atoms with van der Waals surface area (Å²) in [4.78, 5) is 2.12. The quantitative estimate of drug-likeness (QED) is 0.432. The summed E-state index contributed by atoms with van der Waals surface area (Å²) in [6.45, 7) is 2.02. The zero-order valence-electron chi connectivity index (χ0n) is 5.31. The first-order valence-corrected chi connectivity index (χ1v) is 2.47. The highest BCUT2D eigenvalue weighted by Gasteiger charge is 1.93. The van der Waals surface area contributed by atoms with E-state index < -0.39 is 0 Å². The number of rotatable bonds is 3. The second-order valence-corrected chi connectivity index (χ2v) is 1.84. The Morgan fingerprint density at radius 1 is 1.43 bits per heavy atom. The van der Waals surface area contributed by atoms with Crippen molar-refractivity contribution in [1.29, 1.82) is 0 Å². The zero-order chi connectivity index (χ0) is 5.70. The van der Waals surface area contributed by atoms with Crippen LogP contribution in [0.4, 0.5) is 0 Å². The molecule has 42 valence electrons. The van der Waals surface area contributed by atoms with Crippen LogP contribution in [-0.2, 0) is 0 Å². The summed E-state index contributed by atoms with van der Waals surface area (Å²) in [7, 11) is 5.93. The Labute approximate surface area is 45.5 Å². The van der Waals surface area contributed by atoms with Crippen LogP contribution in [0.1, 0.15) is 0 Å². The number of nitrogens with zero attached hydrogens (tertiary/aromatic N) is 2. The van der Waals surface area contributed by atoms with Gasteiger partial charge in [0, 0.05) is 7.05 Å². The van der Waals surface area contributed by atoms with Crippen molar-refractivity contribution >= 4 is 0 Å². The van der Waals surface area contributed by atoms with Gasteiger partial charge in [-0.15, -0.1) is 0 Å². The molecule has 2 radical (unpaired) electrons. The van der Waals surface area contributed by atoms with Crippen LogP contribution in [0.3, 0.4) is 0 Å². The van der Waals surface area contributed by atoms with Crippen molar-refractivity contribution in [3.05, 3.63) is 0 Å². The summed E-state index contributed by atoms with van der Waals surface area (Å²) >= 11 is 0. The third-order valence-electron chi connectivity index (χ3n) is 0.771. The van der Waals surface area contributed by atoms with E-state index in [4.69, 9.17) is 0 Å². The molecule has 0 saturated carbocycles. The first-order valence-electron chi connectivity index (χ1n) is 2.47. The van der Waals surface area contributed by atoms with Crippen LogP contribution in [-0.4, -0.2) is 34.2 Å². The van der Waals surface area contributed by atoms with Crippen LogP contribution >= 0.6 is 0 Å². The fourth-order valence-electron chi connectivity index (χ4n) is 0.300. The maximum atomic E-state index is 3.93. The molecular formula is C5H13N2+. The highest BCUT2D eigenvalue weighted by Crippen LogP contribution is 1.63. The third-order valence-corrected chi connectivity index (χ3v) is 0.771. The van der Waals surface area contributed by atoms with Crippen molar-refractivity contribution in [2.45, 2.75) is 0 Å². The smallest absolute Gasteiger partial charge is 0.136 e. The molecule has 0 heterocycles. The molecule has 2 heteroatoms. The van der Waals surface area contributed by atoms with Gasteiger partial charge in [0.25, 0.3) is 0 Å². The Balaban J connectivity index is 2.68. The summed E-state index contributed by atoms with van der Waals surface area (Å²) < 4.78 is 0. The Hall–Kier alpha value is -0.0800. The molecule has 0 aromatic carbocycles. The average Bonchev–Trinajstić information content (AvgIpc) is 1.61. The minimum absolute atomic E-state index is 0.951. The molecule has 0 N–H and O–H groups in total. The maximum Gasteiger partial charge on any atom is 0.136 e. The van der Waals surface area contributed by atoms with E-state index in [-0.39, 0.29) is 0 Å². The van der Waals surface area contributed by atoms with Gasteiger partial charge in [0.15, 0.2) is 0 Å². The molecule has 0 aliphatic carbocycles. The van der Waals surface area contributed by atoms with E-state index in [1.165, 1.54) is 0 Å². The normalized spacial score (nSPS) is 10.3. The van der Waals surface area contributed by atoms with Crippen LogP contribution in [0, 0.1) is 0 Å². The van der Waals surface area contributed by atoms with E-state index in [9.17, 15) is 0 Å². The van der Waals surface area contributed by atoms with Crippen LogP contribution in [0.5, 0.6) is 0 Å². The van der Waals surface area contributed by atoms with Crippen molar-refractivity contribution in [3.63, 3.8) is 0 Å². The molecule has 0 rings (SSSR count). The molecule has 0 fully saturated rings. The summed E-state index contributed by atoms with van der Waals surface area (Å²) in [5, 5.41) is 3.93. The zero-order valence-corrected chi connectivity index (χ0v) is 5.31. The largest absolute Gasteiger partial charge is 0.239 e. The summed E-state index contributed by atoms with van der Waals surface area (Å²) in [5.74, 6) is 0. The van der Waals surface area contributed by atoms with Gasteiger partial charge in [-0.25, -0.2) is 5.32 Å². The van der Waals surface area contributed by atoms with E-state index in [1.54, 1.807) is 0 Å². The Morgan fingerprint density at radius 3 is 2.14 bits per heavy atom. The van der Waals surface area contributed by atoms with Crippen molar-refractivity contribution in [2.75, 3.05) is 34.2 Å². The highest BCUT2D eigenvalue weighted by molar-refractivity contribution is 4.48. The lowest BCUT2D eigenvalue weighted by atomic mass is 10.6. The number of hydrogen-bond donors (Lipinski definition) is 0. The molecule has 0 atom stereocenters. The van der Waals surface area contributed by atoms with Crippen LogP contribution < -0.4 is 10.2 Å². The van der Waals surface area contributed by atoms with Gasteiger partial charge in [0.1, 0.15) is 20.6 Å². The Kier molecular flexibility index (Phi) is 4.04. The van der Waals surface area contributed by atoms with Gasteiger partial charge >= 0.3 is 0 Å². The molecule has 0 saturated heterocycles. The van der Waals surface area contributed by atoms with Gasteiger partial charge in [-0.05, 0) is 0 Å². The molecule has 7 heavy (non-hydrogen) atoms. The molecule has 2 nitrogen and oxygen atoms in total. The van der Waals surface area contributed by atoms with Gasteiger partial charge in [0.05, 0.1) is 6.54 Å². The SMILES string of the molecule is C[N]CC[N+](C)C. The molecule has 0 bridgehead atoms. The predicted octanol–water partition coefficient (Wildman–Crippen LogP) is -0.380. The van der Waals surface area contributed by atoms with Gasteiger partial charge in [0.2, 0.25) is 0 Å². The molecule has 0 aliphatic heterocycles. The second-order valence-electron chi connectivity index (χ2n) is 1.84. The molecule has 0 aromatic heterocycles. The molecular weight excluding hydrogens is 88.1 g/mol. The van der Waals surface area contributed by atoms with Gasteiger partial charge in [-0.2, -0.15) is 4.90 Å². The third kappa shape index (κ3) is 5.92. The van der Waals surface area contributed by atoms with Crippen molar-refractivity contribution in [2.24, 2.45) is 0 Å². The van der Waals surface area contributed by atoms with Gasteiger partial charge in [-0.1, -0.05) is 0 Å². The van der Waals surface area contributed by atoms with Gasteiger partial charge in [-0.3, -0.25) is 0 Å². The molecule has 0 aliphatic rings. The van der Waals surface area contributed by atoms with Crippen molar-refractivity contribution in [1.82, 2.24) is 10.2 Å². The van der Waals surface area contributed by atoms with Crippen LogP contribution in [0.25, 0.3) is 0 Å². The minimum atomic E-state index is 0.951. The van der Waals surface area contributed by atoms with Gasteiger partial charge < -0.3 is 0 Å². The monoisotopic (exact) mass is 101 g/mol. The van der Waals surface area contributed by atoms with Crippen LogP contribution in [0.2, 0.25) is 0 Å². The topological polar surface area (TPSA) is 20.0 Å². The first kappa shape index (κ1) is 6.92. The maximum absolute atomic E-state index is 3.93. The lowest BCUT2D eigenvalue weighted by molar-refractivity contribution is 0.544. The summed E-state index contributed by atoms with van der Waals surface area (Å²) in [5.41, 5.74) is 0. The fourth-order valence-corrected chi connectivity index (χ4v) is 0.300. The first-order chi connectivity index (χ1) is 3.27. The van der Waals surface area contributed by atoms with E-state index in [0.29, 0.717) is 0 Å². The van der Waals surface area contributed by atoms with E-state index in [0.717, 1.165) is 13.1 Å². The summed E-state index contributed by atoms with van der Waals surface area (Å²) in [6, 6.07) is 0. The number of likely N-dealkylation sites (N-methyl/N-ethyl adjacent to an activating group) is 2.